The lowest BCUT2D eigenvalue weighted by atomic mass is 10.1. The maximum atomic E-state index is 13.4. The minimum atomic E-state index is -1.50. The van der Waals surface area contributed by atoms with Crippen molar-refractivity contribution in [1.82, 2.24) is 0 Å². The predicted octanol–water partition coefficient (Wildman–Crippen LogP) is 8.93. The number of amides is 2. The van der Waals surface area contributed by atoms with Crippen LogP contribution in [0.1, 0.15) is 48.8 Å². The first-order chi connectivity index (χ1) is 20.0. The number of aromatic carboxylic acids is 1. The molecule has 0 saturated carbocycles. The monoisotopic (exact) mass is 660 g/mol. The number of thioether (sulfide) groups is 1. The van der Waals surface area contributed by atoms with Gasteiger partial charge in [0.1, 0.15) is 5.25 Å². The highest BCUT2D eigenvalue weighted by molar-refractivity contribution is 8.00. The number of carboxylic acid groups (broad SMARTS) is 1. The number of carbonyl (C=O) groups is 4. The molecule has 12 heteroatoms. The Morgan fingerprint density at radius 2 is 1.21 bits per heavy atom. The molecule has 1 unspecified atom stereocenters. The van der Waals surface area contributed by atoms with E-state index in [1.165, 1.54) is 18.7 Å². The molecule has 2 amide bonds. The van der Waals surface area contributed by atoms with Crippen molar-refractivity contribution in [2.45, 2.75) is 17.1 Å². The molecule has 7 nitrogen and oxygen atoms in total. The molecule has 0 aromatic heterocycles. The number of anilines is 2. The van der Waals surface area contributed by atoms with Gasteiger partial charge in [-0.2, -0.15) is 0 Å². The largest absolute Gasteiger partial charge is 0.478 e. The summed E-state index contributed by atoms with van der Waals surface area (Å²) < 4.78 is 0. The van der Waals surface area contributed by atoms with Crippen LogP contribution in [0.2, 0.25) is 20.1 Å². The van der Waals surface area contributed by atoms with Crippen molar-refractivity contribution >= 4 is 93.1 Å². The molecule has 42 heavy (non-hydrogen) atoms. The Bertz CT molecular complexity index is 1680. The second kappa shape index (κ2) is 13.6. The van der Waals surface area contributed by atoms with E-state index in [1.807, 2.05) is 30.3 Å². The lowest BCUT2D eigenvalue weighted by Crippen LogP contribution is -2.19. The van der Waals surface area contributed by atoms with E-state index >= 15 is 0 Å². The van der Waals surface area contributed by atoms with Crippen molar-refractivity contribution in [2.75, 3.05) is 10.6 Å². The minimum Gasteiger partial charge on any atom is -0.478 e. The van der Waals surface area contributed by atoms with Crippen LogP contribution >= 0.6 is 58.2 Å². The summed E-state index contributed by atoms with van der Waals surface area (Å²) in [5, 5.41) is 13.2. The number of ketones is 1. The highest BCUT2D eigenvalue weighted by atomic mass is 35.5. The van der Waals surface area contributed by atoms with Gasteiger partial charge in [0.2, 0.25) is 5.91 Å². The number of carboxylic acids is 1. The lowest BCUT2D eigenvalue weighted by Gasteiger charge is -2.18. The molecule has 0 aliphatic heterocycles. The smallest absolute Gasteiger partial charge is 0.338 e. The van der Waals surface area contributed by atoms with E-state index in [-0.39, 0.29) is 26.8 Å². The van der Waals surface area contributed by atoms with E-state index in [0.29, 0.717) is 21.8 Å². The Hall–Kier alpha value is -3.53. The van der Waals surface area contributed by atoms with Crippen LogP contribution in [-0.2, 0) is 4.79 Å². The average Bonchev–Trinajstić information content (AvgIpc) is 2.97. The molecule has 3 N–H and O–H groups in total. The highest BCUT2D eigenvalue weighted by Gasteiger charge is 2.29. The fourth-order valence-corrected chi connectivity index (χ4v) is 5.93. The maximum Gasteiger partial charge on any atom is 0.338 e. The molecular formula is C30H20Cl4N2O5S. The van der Waals surface area contributed by atoms with Crippen molar-refractivity contribution in [1.29, 1.82) is 0 Å². The Balaban J connectivity index is 1.54. The number of hydrogen-bond acceptors (Lipinski definition) is 5. The molecule has 0 spiro atoms. The van der Waals surface area contributed by atoms with Crippen molar-refractivity contribution in [3.63, 3.8) is 0 Å². The summed E-state index contributed by atoms with van der Waals surface area (Å²) in [7, 11) is 0. The van der Waals surface area contributed by atoms with Gasteiger partial charge in [0.05, 0.1) is 31.2 Å². The Kier molecular flexibility index (Phi) is 10.2. The third kappa shape index (κ3) is 7.09. The number of nitrogens with one attached hydrogen (secondary N) is 2. The second-order valence-electron chi connectivity index (χ2n) is 8.82. The van der Waals surface area contributed by atoms with Crippen LogP contribution in [0, 0.1) is 0 Å². The van der Waals surface area contributed by atoms with Crippen molar-refractivity contribution in [3.05, 3.63) is 121 Å². The summed E-state index contributed by atoms with van der Waals surface area (Å²) in [4.78, 5) is 50.5. The van der Waals surface area contributed by atoms with Gasteiger partial charge in [-0.25, -0.2) is 4.79 Å². The summed E-state index contributed by atoms with van der Waals surface area (Å²) in [5.41, 5.74) is 1.17. The summed E-state index contributed by atoms with van der Waals surface area (Å²) in [6, 6.07) is 22.4. The molecule has 1 atom stereocenters. The van der Waals surface area contributed by atoms with E-state index in [2.05, 4.69) is 10.6 Å². The van der Waals surface area contributed by atoms with E-state index < -0.39 is 33.3 Å². The van der Waals surface area contributed by atoms with E-state index in [4.69, 9.17) is 46.4 Å². The fourth-order valence-electron chi connectivity index (χ4n) is 3.89. The van der Waals surface area contributed by atoms with Gasteiger partial charge in [0.25, 0.3) is 5.91 Å². The van der Waals surface area contributed by atoms with Crippen LogP contribution in [0.3, 0.4) is 0 Å². The Morgan fingerprint density at radius 1 is 0.690 bits per heavy atom. The predicted molar refractivity (Wildman–Crippen MR) is 168 cm³/mol. The first-order valence-corrected chi connectivity index (χ1v) is 14.5. The fraction of sp³-hybridized carbons (Fsp3) is 0.0667. The first-order valence-electron chi connectivity index (χ1n) is 12.1. The number of benzene rings is 4. The van der Waals surface area contributed by atoms with Gasteiger partial charge < -0.3 is 15.7 Å². The van der Waals surface area contributed by atoms with Crippen LogP contribution < -0.4 is 10.6 Å². The lowest BCUT2D eigenvalue weighted by molar-refractivity contribution is -0.115. The van der Waals surface area contributed by atoms with Crippen molar-refractivity contribution in [2.24, 2.45) is 0 Å². The van der Waals surface area contributed by atoms with E-state index in [0.717, 1.165) is 5.56 Å². The van der Waals surface area contributed by atoms with Gasteiger partial charge >= 0.3 is 5.97 Å². The van der Waals surface area contributed by atoms with Crippen LogP contribution in [0.4, 0.5) is 11.4 Å². The summed E-state index contributed by atoms with van der Waals surface area (Å²) >= 11 is 25.5. The molecule has 0 heterocycles. The Labute approximate surface area is 265 Å². The average molecular weight is 662 g/mol. The zero-order valence-corrected chi connectivity index (χ0v) is 25.4. The normalized spacial score (nSPS) is 11.5. The van der Waals surface area contributed by atoms with Gasteiger partial charge in [-0.3, -0.25) is 14.4 Å². The molecule has 0 saturated heterocycles. The third-order valence-electron chi connectivity index (χ3n) is 5.97. The maximum absolute atomic E-state index is 13.4. The minimum absolute atomic E-state index is 0.0728. The van der Waals surface area contributed by atoms with E-state index in [9.17, 15) is 24.3 Å². The van der Waals surface area contributed by atoms with Crippen LogP contribution in [0.5, 0.6) is 0 Å². The quantitative estimate of drug-likeness (QED) is 0.0714. The molecule has 214 valence electrons. The number of Topliss-reactive ketones (excluding diaryl/α,β-unsaturated/α-hetero) is 1. The highest BCUT2D eigenvalue weighted by Crippen LogP contribution is 2.42. The van der Waals surface area contributed by atoms with Gasteiger partial charge in [-0.05, 0) is 61.0 Å². The SMILES string of the molecule is CC(=O)c1ccc(NC(=O)C(Sc2ccc(NC(=O)c3c(Cl)c(Cl)c(Cl)c(Cl)c3C(=O)O)cc2)c2ccccc2)cc1. The standard InChI is InChI=1S/C30H20Cl4N2O5S/c1-15(37)16-7-9-18(10-8-16)36-29(39)27(17-5-3-2-4-6-17)42-20-13-11-19(12-14-20)35-28(38)21-22(30(40)41)24(32)26(34)25(33)23(21)31/h2-14,27H,1H3,(H,35,38)(H,36,39)(H,40,41). The topological polar surface area (TPSA) is 113 Å². The van der Waals surface area contributed by atoms with Crippen LogP contribution in [0.25, 0.3) is 0 Å². The molecule has 4 aromatic carbocycles. The number of halogens is 4. The summed E-state index contributed by atoms with van der Waals surface area (Å²) in [6.07, 6.45) is 0. The number of carbonyl (C=O) groups excluding carboxylic acids is 3. The zero-order chi connectivity index (χ0) is 30.6. The molecule has 4 aromatic rings. The number of hydrogen-bond donors (Lipinski definition) is 3. The molecule has 0 aliphatic rings. The van der Waals surface area contributed by atoms with Crippen molar-refractivity contribution in [3.8, 4) is 0 Å². The van der Waals surface area contributed by atoms with Crippen LogP contribution in [0.15, 0.2) is 83.8 Å². The summed E-state index contributed by atoms with van der Waals surface area (Å²) in [6.45, 7) is 1.47. The summed E-state index contributed by atoms with van der Waals surface area (Å²) in [5.74, 6) is -2.70. The van der Waals surface area contributed by atoms with Gasteiger partial charge in [0, 0.05) is 21.8 Å². The van der Waals surface area contributed by atoms with Gasteiger partial charge in [-0.1, -0.05) is 76.7 Å². The zero-order valence-electron chi connectivity index (χ0n) is 21.6. The first kappa shape index (κ1) is 31.4. The van der Waals surface area contributed by atoms with Crippen molar-refractivity contribution < 1.29 is 24.3 Å². The molecule has 4 rings (SSSR count). The van der Waals surface area contributed by atoms with Gasteiger partial charge in [-0.15, -0.1) is 11.8 Å². The second-order valence-corrected chi connectivity index (χ2v) is 11.5. The molecule has 0 radical (unpaired) electrons. The Morgan fingerprint density at radius 3 is 1.76 bits per heavy atom. The molecule has 0 aliphatic carbocycles. The van der Waals surface area contributed by atoms with Crippen LogP contribution in [-0.4, -0.2) is 28.7 Å². The number of rotatable bonds is 9. The molecule has 0 bridgehead atoms. The van der Waals surface area contributed by atoms with Gasteiger partial charge in [0.15, 0.2) is 5.78 Å². The van der Waals surface area contributed by atoms with E-state index in [1.54, 1.807) is 48.5 Å². The molecule has 0 fully saturated rings. The molecular weight excluding hydrogens is 642 g/mol. The third-order valence-corrected chi connectivity index (χ3v) is 9.04.